The zero-order valence-corrected chi connectivity index (χ0v) is 19.5. The number of carbonyl (C=O) groups is 2. The van der Waals surface area contributed by atoms with Gasteiger partial charge in [0.15, 0.2) is 16.1 Å². The van der Waals surface area contributed by atoms with Gasteiger partial charge in [0.2, 0.25) is 5.91 Å². The maximum absolute atomic E-state index is 12.4. The average Bonchev–Trinajstić information content (AvgIpc) is 3.30. The second-order valence-corrected chi connectivity index (χ2v) is 8.88. The molecule has 0 aliphatic heterocycles. The van der Waals surface area contributed by atoms with E-state index in [1.165, 1.54) is 29.2 Å². The van der Waals surface area contributed by atoms with E-state index in [1.54, 1.807) is 22.8 Å². The van der Waals surface area contributed by atoms with Gasteiger partial charge in [0, 0.05) is 16.9 Å². The Hall–Kier alpha value is -2.40. The SMILES string of the molecule is C=CCn1c(CNC(=O)c2ccc(Cl)cc2Cl)nnc1SCC(=O)Nc1nc(C)cs1. The van der Waals surface area contributed by atoms with Gasteiger partial charge in [-0.15, -0.1) is 28.1 Å². The number of halogens is 2. The van der Waals surface area contributed by atoms with E-state index in [2.05, 4.69) is 32.4 Å². The Labute approximate surface area is 197 Å². The molecule has 0 fully saturated rings. The lowest BCUT2D eigenvalue weighted by Gasteiger charge is -2.09. The van der Waals surface area contributed by atoms with Crippen molar-refractivity contribution in [3.05, 3.63) is 63.4 Å². The number of nitrogens with zero attached hydrogens (tertiary/aromatic N) is 4. The van der Waals surface area contributed by atoms with E-state index in [1.807, 2.05) is 12.3 Å². The van der Waals surface area contributed by atoms with Gasteiger partial charge in [-0.25, -0.2) is 4.98 Å². The Morgan fingerprint density at radius 3 is 2.81 bits per heavy atom. The molecule has 0 saturated carbocycles. The first-order valence-corrected chi connectivity index (χ1v) is 11.6. The summed E-state index contributed by atoms with van der Waals surface area (Å²) in [5.74, 6) is 0.111. The van der Waals surface area contributed by atoms with Gasteiger partial charge in [0.05, 0.1) is 28.6 Å². The number of aryl methyl sites for hydroxylation is 1. The molecule has 2 aromatic heterocycles. The van der Waals surface area contributed by atoms with Crippen LogP contribution in [0.4, 0.5) is 5.13 Å². The second kappa shape index (κ2) is 10.8. The van der Waals surface area contributed by atoms with Crippen molar-refractivity contribution in [2.24, 2.45) is 0 Å². The maximum atomic E-state index is 12.4. The molecule has 162 valence electrons. The van der Waals surface area contributed by atoms with Crippen LogP contribution < -0.4 is 10.6 Å². The van der Waals surface area contributed by atoms with Crippen LogP contribution in [0.5, 0.6) is 0 Å². The molecule has 0 aliphatic carbocycles. The topological polar surface area (TPSA) is 102 Å². The maximum Gasteiger partial charge on any atom is 0.253 e. The zero-order chi connectivity index (χ0) is 22.4. The first-order chi connectivity index (χ1) is 14.9. The molecule has 2 heterocycles. The number of thioether (sulfide) groups is 1. The van der Waals surface area contributed by atoms with Gasteiger partial charge < -0.3 is 15.2 Å². The molecule has 2 amide bonds. The van der Waals surface area contributed by atoms with Crippen LogP contribution in [0.25, 0.3) is 0 Å². The largest absolute Gasteiger partial charge is 0.345 e. The molecule has 0 atom stereocenters. The van der Waals surface area contributed by atoms with Crippen LogP contribution in [0.3, 0.4) is 0 Å². The summed E-state index contributed by atoms with van der Waals surface area (Å²) in [7, 11) is 0. The van der Waals surface area contributed by atoms with Gasteiger partial charge in [-0.1, -0.05) is 41.0 Å². The fourth-order valence-electron chi connectivity index (χ4n) is 2.49. The Morgan fingerprint density at radius 1 is 1.32 bits per heavy atom. The predicted octanol–water partition coefficient (Wildman–Crippen LogP) is 4.20. The van der Waals surface area contributed by atoms with Crippen LogP contribution in [-0.2, 0) is 17.9 Å². The van der Waals surface area contributed by atoms with Crippen molar-refractivity contribution in [1.82, 2.24) is 25.1 Å². The predicted molar refractivity (Wildman–Crippen MR) is 124 cm³/mol. The lowest BCUT2D eigenvalue weighted by atomic mass is 10.2. The molecule has 0 saturated heterocycles. The number of allylic oxidation sites excluding steroid dienone is 1. The van der Waals surface area contributed by atoms with Gasteiger partial charge in [-0.3, -0.25) is 9.59 Å². The number of hydrogen-bond donors (Lipinski definition) is 2. The molecule has 31 heavy (non-hydrogen) atoms. The third-order valence-electron chi connectivity index (χ3n) is 3.89. The van der Waals surface area contributed by atoms with E-state index < -0.39 is 0 Å². The average molecular weight is 497 g/mol. The minimum Gasteiger partial charge on any atom is -0.345 e. The van der Waals surface area contributed by atoms with Gasteiger partial charge in [0.25, 0.3) is 5.91 Å². The third kappa shape index (κ3) is 6.30. The minimum atomic E-state index is -0.359. The summed E-state index contributed by atoms with van der Waals surface area (Å²) in [4.78, 5) is 28.8. The molecule has 8 nitrogen and oxygen atoms in total. The Bertz CT molecular complexity index is 1110. The number of nitrogens with one attached hydrogen (secondary N) is 2. The van der Waals surface area contributed by atoms with E-state index in [0.717, 1.165) is 5.69 Å². The van der Waals surface area contributed by atoms with Crippen LogP contribution in [0.1, 0.15) is 21.9 Å². The Balaban J connectivity index is 1.62. The second-order valence-electron chi connectivity index (χ2n) is 6.24. The highest BCUT2D eigenvalue weighted by atomic mass is 35.5. The molecule has 12 heteroatoms. The van der Waals surface area contributed by atoms with E-state index in [0.29, 0.717) is 33.2 Å². The van der Waals surface area contributed by atoms with Gasteiger partial charge in [-0.05, 0) is 25.1 Å². The number of benzene rings is 1. The number of aromatic nitrogens is 4. The van der Waals surface area contributed by atoms with Crippen molar-refractivity contribution < 1.29 is 9.59 Å². The van der Waals surface area contributed by atoms with E-state index in [-0.39, 0.29) is 29.1 Å². The minimum absolute atomic E-state index is 0.129. The first-order valence-electron chi connectivity index (χ1n) is 8.98. The lowest BCUT2D eigenvalue weighted by Crippen LogP contribution is -2.25. The molecule has 1 aromatic carbocycles. The Kier molecular flexibility index (Phi) is 8.08. The molecule has 3 rings (SSSR count). The van der Waals surface area contributed by atoms with Crippen molar-refractivity contribution in [3.8, 4) is 0 Å². The van der Waals surface area contributed by atoms with Gasteiger partial charge in [-0.2, -0.15) is 0 Å². The summed E-state index contributed by atoms with van der Waals surface area (Å²) in [6.45, 7) is 6.16. The first kappa shape index (κ1) is 23.3. The molecule has 0 spiro atoms. The quantitative estimate of drug-likeness (QED) is 0.340. The summed E-state index contributed by atoms with van der Waals surface area (Å²) >= 11 is 14.6. The zero-order valence-electron chi connectivity index (χ0n) is 16.4. The molecule has 2 N–H and O–H groups in total. The van der Waals surface area contributed by atoms with Crippen LogP contribution in [-0.4, -0.2) is 37.3 Å². The van der Waals surface area contributed by atoms with Gasteiger partial charge in [0.1, 0.15) is 0 Å². The van der Waals surface area contributed by atoms with Crippen LogP contribution >= 0.6 is 46.3 Å². The van der Waals surface area contributed by atoms with Crippen molar-refractivity contribution in [2.75, 3.05) is 11.1 Å². The molecule has 0 unspecified atom stereocenters. The van der Waals surface area contributed by atoms with Gasteiger partial charge >= 0.3 is 0 Å². The number of amides is 2. The highest BCUT2D eigenvalue weighted by Gasteiger charge is 2.16. The van der Waals surface area contributed by atoms with Crippen LogP contribution in [0.15, 0.2) is 41.4 Å². The monoisotopic (exact) mass is 496 g/mol. The summed E-state index contributed by atoms with van der Waals surface area (Å²) in [5.41, 5.74) is 1.16. The molecular formula is C19H18Cl2N6O2S2. The summed E-state index contributed by atoms with van der Waals surface area (Å²) < 4.78 is 1.78. The number of carbonyl (C=O) groups excluding carboxylic acids is 2. The lowest BCUT2D eigenvalue weighted by molar-refractivity contribution is -0.113. The molecular weight excluding hydrogens is 479 g/mol. The molecule has 3 aromatic rings. The molecule has 0 bridgehead atoms. The van der Waals surface area contributed by atoms with E-state index >= 15 is 0 Å². The number of rotatable bonds is 9. The summed E-state index contributed by atoms with van der Waals surface area (Å²) in [6.07, 6.45) is 1.69. The van der Waals surface area contributed by atoms with Crippen molar-refractivity contribution in [2.45, 2.75) is 25.2 Å². The number of hydrogen-bond acceptors (Lipinski definition) is 7. The number of thiazole rings is 1. The van der Waals surface area contributed by atoms with E-state index in [9.17, 15) is 9.59 Å². The summed E-state index contributed by atoms with van der Waals surface area (Å²) in [5, 5.41) is 17.5. The van der Waals surface area contributed by atoms with Crippen molar-refractivity contribution in [3.63, 3.8) is 0 Å². The highest BCUT2D eigenvalue weighted by molar-refractivity contribution is 7.99. The fourth-order valence-corrected chi connectivity index (χ4v) is 4.46. The van der Waals surface area contributed by atoms with Crippen LogP contribution in [0.2, 0.25) is 10.0 Å². The molecule has 0 radical (unpaired) electrons. The standard InChI is InChI=1S/C19H18Cl2N6O2S2/c1-3-6-27-15(8-22-17(29)13-5-4-12(20)7-14(13)21)25-26-19(27)31-10-16(28)24-18-23-11(2)9-30-18/h3-5,7,9H,1,6,8,10H2,2H3,(H,22,29)(H,23,24,28). The highest BCUT2D eigenvalue weighted by Crippen LogP contribution is 2.22. The van der Waals surface area contributed by atoms with Crippen molar-refractivity contribution in [1.29, 1.82) is 0 Å². The van der Waals surface area contributed by atoms with Crippen molar-refractivity contribution >= 4 is 63.2 Å². The number of anilines is 1. The fraction of sp³-hybridized carbons (Fsp3) is 0.211. The smallest absolute Gasteiger partial charge is 0.253 e. The van der Waals surface area contributed by atoms with Crippen LogP contribution in [0, 0.1) is 6.92 Å². The normalized spacial score (nSPS) is 10.7. The third-order valence-corrected chi connectivity index (χ3v) is 6.28. The molecule has 0 aliphatic rings. The Morgan fingerprint density at radius 2 is 2.13 bits per heavy atom. The summed E-state index contributed by atoms with van der Waals surface area (Å²) in [6, 6.07) is 4.65. The van der Waals surface area contributed by atoms with E-state index in [4.69, 9.17) is 23.2 Å².